The molecule has 2 nitrogen and oxygen atoms in total. The summed E-state index contributed by atoms with van der Waals surface area (Å²) in [6, 6.07) is 10.5. The third-order valence-corrected chi connectivity index (χ3v) is 4.23. The highest BCUT2D eigenvalue weighted by molar-refractivity contribution is 5.71. The quantitative estimate of drug-likeness (QED) is 0.848. The maximum absolute atomic E-state index is 6.13. The van der Waals surface area contributed by atoms with E-state index < -0.39 is 0 Å². The molecule has 2 heteroatoms. The number of anilines is 2. The molecule has 2 aromatic rings. The molecule has 0 heterocycles. The van der Waals surface area contributed by atoms with E-state index in [9.17, 15) is 0 Å². The molecule has 0 bridgehead atoms. The highest BCUT2D eigenvalue weighted by Crippen LogP contribution is 2.28. The molecule has 0 radical (unpaired) electrons. The third kappa shape index (κ3) is 2.64. The third-order valence-electron chi connectivity index (χ3n) is 4.23. The molecule has 106 valence electrons. The molecule has 0 saturated carbocycles. The zero-order valence-corrected chi connectivity index (χ0v) is 13.1. The summed E-state index contributed by atoms with van der Waals surface area (Å²) in [7, 11) is 2.10. The summed E-state index contributed by atoms with van der Waals surface area (Å²) in [4.78, 5) is 2.24. The van der Waals surface area contributed by atoms with Crippen LogP contribution in [0.4, 0.5) is 11.4 Å². The molecule has 0 aliphatic carbocycles. The fourth-order valence-corrected chi connectivity index (χ4v) is 2.72. The van der Waals surface area contributed by atoms with Gasteiger partial charge in [-0.05, 0) is 61.6 Å². The lowest BCUT2D eigenvalue weighted by Crippen LogP contribution is -2.19. The fraction of sp³-hybridized carbons (Fsp3) is 0.333. The van der Waals surface area contributed by atoms with Gasteiger partial charge in [-0.1, -0.05) is 24.3 Å². The van der Waals surface area contributed by atoms with Crippen LogP contribution >= 0.6 is 0 Å². The minimum atomic E-state index is 0.842. The number of benzene rings is 2. The van der Waals surface area contributed by atoms with Crippen LogP contribution in [0.25, 0.3) is 0 Å². The lowest BCUT2D eigenvalue weighted by molar-refractivity contribution is 0.906. The van der Waals surface area contributed by atoms with E-state index in [1.165, 1.54) is 27.8 Å². The second-order valence-electron chi connectivity index (χ2n) is 5.66. The maximum Gasteiger partial charge on any atom is 0.0630 e. The zero-order chi connectivity index (χ0) is 14.9. The van der Waals surface area contributed by atoms with Crippen LogP contribution < -0.4 is 10.6 Å². The average Bonchev–Trinajstić information content (AvgIpc) is 2.39. The van der Waals surface area contributed by atoms with E-state index >= 15 is 0 Å². The first-order valence-electron chi connectivity index (χ1n) is 7.03. The maximum atomic E-state index is 6.13. The van der Waals surface area contributed by atoms with Gasteiger partial charge < -0.3 is 10.6 Å². The Morgan fingerprint density at radius 1 is 0.900 bits per heavy atom. The van der Waals surface area contributed by atoms with Gasteiger partial charge in [0.05, 0.1) is 11.4 Å². The van der Waals surface area contributed by atoms with Crippen LogP contribution in [0.15, 0.2) is 30.3 Å². The van der Waals surface area contributed by atoms with Crippen molar-refractivity contribution in [1.82, 2.24) is 0 Å². The minimum Gasteiger partial charge on any atom is -0.397 e. The first kappa shape index (κ1) is 14.4. The summed E-state index contributed by atoms with van der Waals surface area (Å²) < 4.78 is 0. The smallest absolute Gasteiger partial charge is 0.0630 e. The summed E-state index contributed by atoms with van der Waals surface area (Å²) in [5.74, 6) is 0. The van der Waals surface area contributed by atoms with Gasteiger partial charge >= 0.3 is 0 Å². The number of rotatable bonds is 3. The Kier molecular flexibility index (Phi) is 4.03. The van der Waals surface area contributed by atoms with Gasteiger partial charge in [0.15, 0.2) is 0 Å². The van der Waals surface area contributed by atoms with E-state index in [-0.39, 0.29) is 0 Å². The van der Waals surface area contributed by atoms with Crippen molar-refractivity contribution in [2.45, 2.75) is 34.2 Å². The molecule has 0 aromatic heterocycles. The van der Waals surface area contributed by atoms with Crippen molar-refractivity contribution in [1.29, 1.82) is 0 Å². The van der Waals surface area contributed by atoms with Gasteiger partial charge in [-0.25, -0.2) is 0 Å². The molecule has 0 amide bonds. The second-order valence-corrected chi connectivity index (χ2v) is 5.66. The highest BCUT2D eigenvalue weighted by Gasteiger charge is 2.11. The largest absolute Gasteiger partial charge is 0.397 e. The van der Waals surface area contributed by atoms with Gasteiger partial charge in [0.1, 0.15) is 0 Å². The van der Waals surface area contributed by atoms with Crippen LogP contribution in [0.3, 0.4) is 0 Å². The summed E-state index contributed by atoms with van der Waals surface area (Å²) >= 11 is 0. The van der Waals surface area contributed by atoms with E-state index in [0.29, 0.717) is 0 Å². The molecule has 0 spiro atoms. The molecule has 0 unspecified atom stereocenters. The standard InChI is InChI=1S/C18H24N2/c1-12-9-10-16(15(4)14(12)3)11-20(5)18-13(2)7-6-8-17(18)19/h6-10H,11,19H2,1-5H3. The monoisotopic (exact) mass is 268 g/mol. The zero-order valence-electron chi connectivity index (χ0n) is 13.1. The van der Waals surface area contributed by atoms with Gasteiger partial charge in [-0.3, -0.25) is 0 Å². The normalized spacial score (nSPS) is 10.7. The molecule has 2 N–H and O–H groups in total. The molecule has 0 fully saturated rings. The Bertz CT molecular complexity index is 609. The average molecular weight is 268 g/mol. The molecule has 2 aromatic carbocycles. The molecule has 2 rings (SSSR count). The van der Waals surface area contributed by atoms with Crippen LogP contribution in [-0.2, 0) is 6.54 Å². The van der Waals surface area contributed by atoms with Gasteiger partial charge in [-0.2, -0.15) is 0 Å². The Morgan fingerprint density at radius 3 is 2.25 bits per heavy atom. The van der Waals surface area contributed by atoms with E-state index in [2.05, 4.69) is 57.8 Å². The van der Waals surface area contributed by atoms with Gasteiger partial charge in [0.2, 0.25) is 0 Å². The van der Waals surface area contributed by atoms with Gasteiger partial charge in [0, 0.05) is 13.6 Å². The number of para-hydroxylation sites is 1. The Balaban J connectivity index is 2.33. The summed E-state index contributed by atoms with van der Waals surface area (Å²) in [5.41, 5.74) is 14.8. The molecule has 0 saturated heterocycles. The highest BCUT2D eigenvalue weighted by atomic mass is 15.1. The number of nitrogens with zero attached hydrogens (tertiary/aromatic N) is 1. The van der Waals surface area contributed by atoms with Crippen molar-refractivity contribution in [3.8, 4) is 0 Å². The second kappa shape index (κ2) is 5.58. The molecular formula is C18H24N2. The van der Waals surface area contributed by atoms with Crippen molar-refractivity contribution in [2.24, 2.45) is 0 Å². The lowest BCUT2D eigenvalue weighted by atomic mass is 9.98. The number of hydrogen-bond donors (Lipinski definition) is 1. The predicted octanol–water partition coefficient (Wildman–Crippen LogP) is 4.14. The van der Waals surface area contributed by atoms with E-state index in [1.54, 1.807) is 0 Å². The number of aryl methyl sites for hydroxylation is 2. The van der Waals surface area contributed by atoms with Crippen molar-refractivity contribution in [2.75, 3.05) is 17.7 Å². The Labute approximate surface area is 122 Å². The molecule has 0 atom stereocenters. The Hall–Kier alpha value is -1.96. The Morgan fingerprint density at radius 2 is 1.60 bits per heavy atom. The van der Waals surface area contributed by atoms with Crippen molar-refractivity contribution < 1.29 is 0 Å². The summed E-state index contributed by atoms with van der Waals surface area (Å²) in [6.45, 7) is 9.54. The van der Waals surface area contributed by atoms with E-state index in [1.807, 2.05) is 12.1 Å². The van der Waals surface area contributed by atoms with Crippen LogP contribution in [0, 0.1) is 27.7 Å². The SMILES string of the molecule is Cc1ccc(CN(C)c2c(C)cccc2N)c(C)c1C. The number of nitrogens with two attached hydrogens (primary N) is 1. The van der Waals surface area contributed by atoms with Crippen LogP contribution in [0.5, 0.6) is 0 Å². The van der Waals surface area contributed by atoms with Crippen molar-refractivity contribution in [3.05, 3.63) is 58.1 Å². The van der Waals surface area contributed by atoms with Gasteiger partial charge in [-0.15, -0.1) is 0 Å². The van der Waals surface area contributed by atoms with Crippen LogP contribution in [-0.4, -0.2) is 7.05 Å². The van der Waals surface area contributed by atoms with E-state index in [0.717, 1.165) is 17.9 Å². The van der Waals surface area contributed by atoms with Crippen molar-refractivity contribution in [3.63, 3.8) is 0 Å². The minimum absolute atomic E-state index is 0.842. The molecular weight excluding hydrogens is 244 g/mol. The van der Waals surface area contributed by atoms with E-state index in [4.69, 9.17) is 5.73 Å². The van der Waals surface area contributed by atoms with Gasteiger partial charge in [0.25, 0.3) is 0 Å². The molecule has 0 aliphatic heterocycles. The first-order chi connectivity index (χ1) is 9.41. The van der Waals surface area contributed by atoms with Crippen LogP contribution in [0.1, 0.15) is 27.8 Å². The lowest BCUT2D eigenvalue weighted by Gasteiger charge is -2.24. The summed E-state index contributed by atoms with van der Waals surface area (Å²) in [6.07, 6.45) is 0. The van der Waals surface area contributed by atoms with Crippen molar-refractivity contribution >= 4 is 11.4 Å². The fourth-order valence-electron chi connectivity index (χ4n) is 2.72. The molecule has 20 heavy (non-hydrogen) atoms. The predicted molar refractivity (Wildman–Crippen MR) is 88.4 cm³/mol. The first-order valence-corrected chi connectivity index (χ1v) is 7.03. The number of nitrogen functional groups attached to an aromatic ring is 1. The molecule has 0 aliphatic rings. The topological polar surface area (TPSA) is 29.3 Å². The van der Waals surface area contributed by atoms with Crippen LogP contribution in [0.2, 0.25) is 0 Å². The summed E-state index contributed by atoms with van der Waals surface area (Å²) in [5, 5.41) is 0. The number of hydrogen-bond acceptors (Lipinski definition) is 2.